The molecule has 8 heteroatoms. The minimum atomic E-state index is -0.520. The van der Waals surface area contributed by atoms with E-state index in [1.165, 1.54) is 0 Å². The maximum absolute atomic E-state index is 13.7. The number of aromatic nitrogens is 2. The summed E-state index contributed by atoms with van der Waals surface area (Å²) >= 11 is 0. The predicted molar refractivity (Wildman–Crippen MR) is 141 cm³/mol. The number of carbonyl (C=O) groups is 1. The minimum absolute atomic E-state index is 0.201. The third kappa shape index (κ3) is 4.88. The summed E-state index contributed by atoms with van der Waals surface area (Å²) in [6.45, 7) is 6.62. The van der Waals surface area contributed by atoms with Crippen molar-refractivity contribution < 1.29 is 14.3 Å². The lowest BCUT2D eigenvalue weighted by atomic mass is 10.2. The molecule has 8 nitrogen and oxygen atoms in total. The molecule has 186 valence electrons. The highest BCUT2D eigenvalue weighted by Gasteiger charge is 2.26. The molecule has 0 aliphatic carbocycles. The van der Waals surface area contributed by atoms with Crippen LogP contribution in [-0.4, -0.2) is 40.7 Å². The second-order valence-corrected chi connectivity index (χ2v) is 8.15. The number of amides is 2. The first-order chi connectivity index (χ1) is 17.5. The Labute approximate surface area is 210 Å². The highest BCUT2D eigenvalue weighted by molar-refractivity contribution is 5.91. The normalized spacial score (nSPS) is 11.7. The summed E-state index contributed by atoms with van der Waals surface area (Å²) in [4.78, 5) is 33.5. The first-order valence-corrected chi connectivity index (χ1v) is 11.9. The van der Waals surface area contributed by atoms with E-state index in [0.29, 0.717) is 52.8 Å². The highest BCUT2D eigenvalue weighted by atomic mass is 16.5. The third-order valence-corrected chi connectivity index (χ3v) is 6.00. The summed E-state index contributed by atoms with van der Waals surface area (Å²) in [6, 6.07) is 20.9. The first-order valence-electron chi connectivity index (χ1n) is 11.9. The lowest BCUT2D eigenvalue weighted by Crippen LogP contribution is -2.39. The van der Waals surface area contributed by atoms with Crippen LogP contribution in [0, 0.1) is 0 Å². The van der Waals surface area contributed by atoms with Crippen molar-refractivity contribution in [1.82, 2.24) is 14.5 Å². The number of hydrogen-bond acceptors (Lipinski definition) is 5. The number of carbonyl (C=O) groups excluding carboxylic acids is 1. The van der Waals surface area contributed by atoms with Gasteiger partial charge in [-0.05, 0) is 69.3 Å². The van der Waals surface area contributed by atoms with Crippen molar-refractivity contribution in [2.24, 2.45) is 0 Å². The van der Waals surface area contributed by atoms with Crippen molar-refractivity contribution in [2.45, 2.75) is 26.8 Å². The quantitative estimate of drug-likeness (QED) is 0.360. The van der Waals surface area contributed by atoms with Crippen LogP contribution in [0.4, 0.5) is 10.5 Å². The molecule has 3 aromatic carbocycles. The topological polar surface area (TPSA) is 85.7 Å². The molecule has 0 aliphatic rings. The molecule has 2 amide bonds. The lowest BCUT2D eigenvalue weighted by Gasteiger charge is -2.30. The third-order valence-electron chi connectivity index (χ3n) is 6.00. The second kappa shape index (κ2) is 10.9. The standard InChI is InChI=1S/C28H30N4O4/c1-5-31(28(34)30-24-13-9-10-14-25(24)35-4)19(3)26-29-23-12-8-7-11-22(23)27(33)32(26)20-15-17-21(18-16-20)36-6-2/h7-19H,5-6H2,1-4H3,(H,30,34). The van der Waals surface area contributed by atoms with E-state index >= 15 is 0 Å². The Morgan fingerprint density at radius 3 is 2.42 bits per heavy atom. The van der Waals surface area contributed by atoms with Crippen LogP contribution < -0.4 is 20.3 Å². The number of nitrogens with zero attached hydrogens (tertiary/aromatic N) is 3. The van der Waals surface area contributed by atoms with Crippen molar-refractivity contribution in [3.05, 3.63) is 89.0 Å². The number of urea groups is 1. The molecule has 0 saturated heterocycles. The Kier molecular flexibility index (Phi) is 7.53. The number of rotatable bonds is 8. The fraction of sp³-hybridized carbons (Fsp3) is 0.250. The van der Waals surface area contributed by atoms with Crippen LogP contribution in [0.25, 0.3) is 16.6 Å². The Morgan fingerprint density at radius 1 is 1.03 bits per heavy atom. The highest BCUT2D eigenvalue weighted by Crippen LogP contribution is 2.27. The number of hydrogen-bond donors (Lipinski definition) is 1. The molecule has 0 saturated carbocycles. The zero-order valence-electron chi connectivity index (χ0n) is 20.9. The fourth-order valence-electron chi connectivity index (χ4n) is 4.21. The molecule has 0 spiro atoms. The molecule has 4 aromatic rings. The van der Waals surface area contributed by atoms with Crippen molar-refractivity contribution in [2.75, 3.05) is 25.6 Å². The van der Waals surface area contributed by atoms with E-state index in [1.54, 1.807) is 40.8 Å². The van der Waals surface area contributed by atoms with Gasteiger partial charge in [0.05, 0.1) is 42.0 Å². The van der Waals surface area contributed by atoms with Crippen LogP contribution in [0.15, 0.2) is 77.6 Å². The maximum Gasteiger partial charge on any atom is 0.322 e. The zero-order chi connectivity index (χ0) is 25.7. The Morgan fingerprint density at radius 2 is 1.72 bits per heavy atom. The van der Waals surface area contributed by atoms with Gasteiger partial charge in [-0.15, -0.1) is 0 Å². The minimum Gasteiger partial charge on any atom is -0.495 e. The molecule has 1 unspecified atom stereocenters. The smallest absolute Gasteiger partial charge is 0.322 e. The van der Waals surface area contributed by atoms with Gasteiger partial charge in [0, 0.05) is 6.54 Å². The van der Waals surface area contributed by atoms with Crippen LogP contribution in [0.5, 0.6) is 11.5 Å². The summed E-state index contributed by atoms with van der Waals surface area (Å²) in [6.07, 6.45) is 0. The Hall–Kier alpha value is -4.33. The molecule has 1 heterocycles. The molecule has 0 aliphatic heterocycles. The monoisotopic (exact) mass is 486 g/mol. The number of benzene rings is 3. The van der Waals surface area contributed by atoms with Gasteiger partial charge in [-0.25, -0.2) is 9.78 Å². The first kappa shape index (κ1) is 24.8. The van der Waals surface area contributed by atoms with Gasteiger partial charge in [-0.3, -0.25) is 9.36 Å². The SMILES string of the molecule is CCOc1ccc(-n2c(C(C)N(CC)C(=O)Nc3ccccc3OC)nc3ccccc3c2=O)cc1. The molecule has 0 radical (unpaired) electrons. The average Bonchev–Trinajstić information content (AvgIpc) is 2.90. The van der Waals surface area contributed by atoms with Crippen LogP contribution >= 0.6 is 0 Å². The summed E-state index contributed by atoms with van der Waals surface area (Å²) in [7, 11) is 1.56. The van der Waals surface area contributed by atoms with Gasteiger partial charge in [0.15, 0.2) is 0 Å². The van der Waals surface area contributed by atoms with Crippen molar-refractivity contribution >= 4 is 22.6 Å². The molecular weight excluding hydrogens is 456 g/mol. The number of methoxy groups -OCH3 is 1. The lowest BCUT2D eigenvalue weighted by molar-refractivity contribution is 0.193. The predicted octanol–water partition coefficient (Wildman–Crippen LogP) is 5.41. The summed E-state index contributed by atoms with van der Waals surface area (Å²) in [5.74, 6) is 1.73. The number of para-hydroxylation sites is 3. The largest absolute Gasteiger partial charge is 0.495 e. The van der Waals surface area contributed by atoms with Gasteiger partial charge in [0.1, 0.15) is 17.3 Å². The van der Waals surface area contributed by atoms with E-state index in [0.717, 1.165) is 0 Å². The Bertz CT molecular complexity index is 1420. The van der Waals surface area contributed by atoms with Crippen LogP contribution in [0.1, 0.15) is 32.6 Å². The van der Waals surface area contributed by atoms with E-state index in [9.17, 15) is 9.59 Å². The van der Waals surface area contributed by atoms with Gasteiger partial charge < -0.3 is 19.7 Å². The van der Waals surface area contributed by atoms with Crippen molar-refractivity contribution in [3.8, 4) is 17.2 Å². The average molecular weight is 487 g/mol. The van der Waals surface area contributed by atoms with Crippen LogP contribution in [0.2, 0.25) is 0 Å². The van der Waals surface area contributed by atoms with E-state index in [1.807, 2.05) is 69.3 Å². The van der Waals surface area contributed by atoms with Gasteiger partial charge >= 0.3 is 6.03 Å². The van der Waals surface area contributed by atoms with Crippen molar-refractivity contribution in [1.29, 1.82) is 0 Å². The van der Waals surface area contributed by atoms with E-state index in [2.05, 4.69) is 5.32 Å². The van der Waals surface area contributed by atoms with E-state index in [-0.39, 0.29) is 11.6 Å². The van der Waals surface area contributed by atoms with E-state index in [4.69, 9.17) is 14.5 Å². The van der Waals surface area contributed by atoms with Crippen LogP contribution in [0.3, 0.4) is 0 Å². The maximum atomic E-state index is 13.7. The van der Waals surface area contributed by atoms with E-state index < -0.39 is 6.04 Å². The number of ether oxygens (including phenoxy) is 2. The van der Waals surface area contributed by atoms with Gasteiger partial charge in [-0.1, -0.05) is 24.3 Å². The van der Waals surface area contributed by atoms with Gasteiger partial charge in [0.2, 0.25) is 0 Å². The molecule has 0 fully saturated rings. The van der Waals surface area contributed by atoms with Crippen molar-refractivity contribution in [3.63, 3.8) is 0 Å². The molecule has 1 atom stereocenters. The van der Waals surface area contributed by atoms with Crippen LogP contribution in [-0.2, 0) is 0 Å². The second-order valence-electron chi connectivity index (χ2n) is 8.15. The summed E-state index contributed by atoms with van der Waals surface area (Å²) in [5, 5.41) is 3.43. The number of anilines is 1. The zero-order valence-corrected chi connectivity index (χ0v) is 20.9. The molecular formula is C28H30N4O4. The Balaban J connectivity index is 1.79. The molecule has 1 N–H and O–H groups in total. The molecule has 4 rings (SSSR count). The van der Waals surface area contributed by atoms with Gasteiger partial charge in [0.25, 0.3) is 5.56 Å². The summed E-state index contributed by atoms with van der Waals surface area (Å²) < 4.78 is 12.5. The summed E-state index contributed by atoms with van der Waals surface area (Å²) in [5.41, 5.74) is 1.58. The molecule has 1 aromatic heterocycles. The fourth-order valence-corrected chi connectivity index (χ4v) is 4.21. The number of nitrogens with one attached hydrogen (secondary N) is 1. The number of fused-ring (bicyclic) bond motifs is 1. The molecule has 0 bridgehead atoms. The van der Waals surface area contributed by atoms with Gasteiger partial charge in [-0.2, -0.15) is 0 Å². The molecule has 36 heavy (non-hydrogen) atoms.